The van der Waals surface area contributed by atoms with Crippen LogP contribution >= 0.6 is 0 Å². The number of ether oxygens (including phenoxy) is 1. The smallest absolute Gasteiger partial charge is 0.258 e. The number of carbonyl (C=O) groups excluding carboxylic acids is 1. The van der Waals surface area contributed by atoms with Crippen LogP contribution in [0.3, 0.4) is 0 Å². The molecular formula is C16H16N2O3. The van der Waals surface area contributed by atoms with E-state index in [1.54, 1.807) is 18.2 Å². The van der Waals surface area contributed by atoms with Crippen LogP contribution in [0.4, 0.5) is 0 Å². The number of ketones is 1. The van der Waals surface area contributed by atoms with E-state index in [2.05, 4.69) is 9.97 Å². The highest BCUT2D eigenvalue weighted by Gasteiger charge is 2.17. The van der Waals surface area contributed by atoms with Gasteiger partial charge in [0.2, 0.25) is 0 Å². The number of fused-ring (bicyclic) bond motifs is 2. The summed E-state index contributed by atoms with van der Waals surface area (Å²) in [7, 11) is 0. The summed E-state index contributed by atoms with van der Waals surface area (Å²) >= 11 is 0. The molecule has 1 aromatic heterocycles. The van der Waals surface area contributed by atoms with E-state index in [-0.39, 0.29) is 23.6 Å². The molecule has 1 aliphatic carbocycles. The van der Waals surface area contributed by atoms with Gasteiger partial charge in [0.25, 0.3) is 5.56 Å². The number of nitrogens with one attached hydrogen (secondary N) is 1. The number of nitrogens with zero attached hydrogens (tertiary/aromatic N) is 1. The molecule has 3 rings (SSSR count). The molecule has 0 bridgehead atoms. The summed E-state index contributed by atoms with van der Waals surface area (Å²) in [4.78, 5) is 30.9. The Balaban J connectivity index is 2.06. The number of allylic oxidation sites excluding steroid dienone is 1. The number of aromatic nitrogens is 2. The molecule has 5 nitrogen and oxygen atoms in total. The van der Waals surface area contributed by atoms with Crippen molar-refractivity contribution in [2.45, 2.75) is 33.0 Å². The summed E-state index contributed by atoms with van der Waals surface area (Å²) in [5, 5.41) is 0.422. The summed E-state index contributed by atoms with van der Waals surface area (Å²) in [6.07, 6.45) is 3.24. The summed E-state index contributed by atoms with van der Waals surface area (Å²) in [6, 6.07) is 3.37. The fourth-order valence-electron chi connectivity index (χ4n) is 2.21. The molecule has 0 atom stereocenters. The van der Waals surface area contributed by atoms with E-state index < -0.39 is 0 Å². The Labute approximate surface area is 121 Å². The van der Waals surface area contributed by atoms with Crippen LogP contribution in [0.2, 0.25) is 0 Å². The fourth-order valence-corrected chi connectivity index (χ4v) is 2.21. The van der Waals surface area contributed by atoms with Crippen LogP contribution in [0.25, 0.3) is 17.0 Å². The van der Waals surface area contributed by atoms with E-state index in [1.807, 2.05) is 20.8 Å². The lowest BCUT2D eigenvalue weighted by atomic mass is 10.1. The minimum Gasteiger partial charge on any atom is -0.368 e. The lowest BCUT2D eigenvalue weighted by Crippen LogP contribution is -2.21. The van der Waals surface area contributed by atoms with Crippen molar-refractivity contribution in [3.63, 3.8) is 0 Å². The zero-order valence-electron chi connectivity index (χ0n) is 12.2. The Morgan fingerprint density at radius 3 is 2.67 bits per heavy atom. The molecule has 1 aliphatic rings. The molecule has 0 radical (unpaired) electrons. The van der Waals surface area contributed by atoms with Crippen molar-refractivity contribution in [2.24, 2.45) is 0 Å². The van der Waals surface area contributed by atoms with Gasteiger partial charge >= 0.3 is 0 Å². The van der Waals surface area contributed by atoms with Gasteiger partial charge in [0.05, 0.1) is 16.5 Å². The highest BCUT2D eigenvalue weighted by molar-refractivity contribution is 6.15. The molecule has 0 unspecified atom stereocenters. The monoisotopic (exact) mass is 284 g/mol. The molecule has 2 aromatic rings. The highest BCUT2D eigenvalue weighted by Crippen LogP contribution is 2.23. The zero-order valence-corrected chi connectivity index (χ0v) is 12.2. The Morgan fingerprint density at radius 2 is 1.95 bits per heavy atom. The second kappa shape index (κ2) is 4.63. The van der Waals surface area contributed by atoms with Gasteiger partial charge in [-0.15, -0.1) is 0 Å². The van der Waals surface area contributed by atoms with Gasteiger partial charge in [0.15, 0.2) is 5.78 Å². The van der Waals surface area contributed by atoms with Crippen LogP contribution in [0.5, 0.6) is 0 Å². The van der Waals surface area contributed by atoms with Crippen LogP contribution in [0, 0.1) is 0 Å². The zero-order chi connectivity index (χ0) is 15.2. The van der Waals surface area contributed by atoms with Gasteiger partial charge in [-0.25, -0.2) is 4.98 Å². The van der Waals surface area contributed by atoms with Crippen LogP contribution in [-0.4, -0.2) is 21.4 Å². The number of aromatic amines is 1. The second-order valence-corrected chi connectivity index (χ2v) is 6.07. The van der Waals surface area contributed by atoms with Gasteiger partial charge in [-0.05, 0) is 44.5 Å². The molecular weight excluding hydrogens is 268 g/mol. The average Bonchev–Trinajstić information content (AvgIpc) is 2.75. The van der Waals surface area contributed by atoms with Gasteiger partial charge in [-0.3, -0.25) is 9.59 Å². The lowest BCUT2D eigenvalue weighted by Gasteiger charge is -2.19. The van der Waals surface area contributed by atoms with E-state index in [4.69, 9.17) is 4.74 Å². The fraction of sp³-hybridized carbons (Fsp3) is 0.312. The molecule has 5 heteroatoms. The van der Waals surface area contributed by atoms with Crippen LogP contribution in [-0.2, 0) is 11.3 Å². The molecule has 1 heterocycles. The van der Waals surface area contributed by atoms with Crippen molar-refractivity contribution in [2.75, 3.05) is 0 Å². The first kappa shape index (κ1) is 13.7. The van der Waals surface area contributed by atoms with Gasteiger partial charge in [0, 0.05) is 5.56 Å². The molecule has 108 valence electrons. The highest BCUT2D eigenvalue weighted by atomic mass is 16.5. The van der Waals surface area contributed by atoms with Crippen molar-refractivity contribution in [1.82, 2.24) is 9.97 Å². The summed E-state index contributed by atoms with van der Waals surface area (Å²) in [5.74, 6) is 0.405. The van der Waals surface area contributed by atoms with Crippen molar-refractivity contribution in [3.8, 4) is 0 Å². The number of hydrogen-bond donors (Lipinski definition) is 1. The Hall–Kier alpha value is -2.27. The molecule has 0 fully saturated rings. The quantitative estimate of drug-likeness (QED) is 0.919. The summed E-state index contributed by atoms with van der Waals surface area (Å²) < 4.78 is 5.63. The maximum absolute atomic E-state index is 12.1. The van der Waals surface area contributed by atoms with E-state index in [1.165, 1.54) is 6.08 Å². The first-order valence-corrected chi connectivity index (χ1v) is 6.77. The number of hydrogen-bond acceptors (Lipinski definition) is 4. The van der Waals surface area contributed by atoms with E-state index >= 15 is 0 Å². The van der Waals surface area contributed by atoms with Crippen molar-refractivity contribution in [1.29, 1.82) is 0 Å². The third-order valence-electron chi connectivity index (χ3n) is 3.25. The number of H-pyrrole nitrogens is 1. The average molecular weight is 284 g/mol. The summed E-state index contributed by atoms with van der Waals surface area (Å²) in [6.45, 7) is 6.06. The minimum atomic E-state index is -0.305. The van der Waals surface area contributed by atoms with Gasteiger partial charge < -0.3 is 9.72 Å². The molecule has 0 aliphatic heterocycles. The largest absolute Gasteiger partial charge is 0.368 e. The lowest BCUT2D eigenvalue weighted by molar-refractivity contribution is -0.0180. The Kier molecular flexibility index (Phi) is 3.02. The normalized spacial score (nSPS) is 14.0. The molecule has 0 saturated carbocycles. The third kappa shape index (κ3) is 2.64. The Morgan fingerprint density at radius 1 is 1.19 bits per heavy atom. The topological polar surface area (TPSA) is 72.0 Å². The predicted octanol–water partition coefficient (Wildman–Crippen LogP) is 2.45. The summed E-state index contributed by atoms with van der Waals surface area (Å²) in [5.41, 5.74) is 1.36. The minimum absolute atomic E-state index is 0.0774. The first-order valence-electron chi connectivity index (χ1n) is 6.77. The maximum atomic E-state index is 12.1. The van der Waals surface area contributed by atoms with Crippen LogP contribution < -0.4 is 5.56 Å². The first-order chi connectivity index (χ1) is 9.83. The van der Waals surface area contributed by atoms with Crippen LogP contribution in [0.1, 0.15) is 42.5 Å². The number of rotatable bonds is 2. The van der Waals surface area contributed by atoms with Crippen molar-refractivity contribution < 1.29 is 9.53 Å². The standard InChI is InChI=1S/C16H16N2O3/c1-16(2,3)21-8-14-17-12-6-9-4-5-13(19)10(9)7-11(12)15(20)18-14/h4-7H,8H2,1-3H3,(H,17,18,20). The molecule has 1 aromatic carbocycles. The van der Waals surface area contributed by atoms with E-state index in [9.17, 15) is 9.59 Å². The Bertz CT molecular complexity index is 826. The molecule has 1 N–H and O–H groups in total. The van der Waals surface area contributed by atoms with Gasteiger partial charge in [-0.1, -0.05) is 6.08 Å². The number of carbonyl (C=O) groups is 1. The third-order valence-corrected chi connectivity index (χ3v) is 3.25. The van der Waals surface area contributed by atoms with Crippen molar-refractivity contribution >= 4 is 22.8 Å². The molecule has 21 heavy (non-hydrogen) atoms. The van der Waals surface area contributed by atoms with E-state index in [0.717, 1.165) is 5.56 Å². The van der Waals surface area contributed by atoms with Crippen molar-refractivity contribution in [3.05, 3.63) is 45.5 Å². The van der Waals surface area contributed by atoms with Gasteiger partial charge in [-0.2, -0.15) is 0 Å². The SMILES string of the molecule is CC(C)(C)OCc1nc2cc3c(cc2c(=O)[nH]1)C(=O)C=C3. The predicted molar refractivity (Wildman–Crippen MR) is 80.3 cm³/mol. The second-order valence-electron chi connectivity index (χ2n) is 6.07. The van der Waals surface area contributed by atoms with Crippen LogP contribution in [0.15, 0.2) is 23.0 Å². The van der Waals surface area contributed by atoms with Gasteiger partial charge in [0.1, 0.15) is 12.4 Å². The van der Waals surface area contributed by atoms with E-state index in [0.29, 0.717) is 22.3 Å². The molecule has 0 amide bonds. The maximum Gasteiger partial charge on any atom is 0.258 e. The number of benzene rings is 1. The molecule has 0 spiro atoms. The molecule has 0 saturated heterocycles.